The SMILES string of the molecule is C=CCCC(O)CN(C)O. The molecule has 0 radical (unpaired) electrons. The first kappa shape index (κ1) is 9.62. The van der Waals surface area contributed by atoms with Crippen molar-refractivity contribution in [2.75, 3.05) is 13.6 Å². The molecular formula is C7H15NO2. The van der Waals surface area contributed by atoms with Gasteiger partial charge in [0.25, 0.3) is 0 Å². The van der Waals surface area contributed by atoms with Crippen molar-refractivity contribution in [1.29, 1.82) is 0 Å². The van der Waals surface area contributed by atoms with E-state index in [1.165, 1.54) is 7.05 Å². The van der Waals surface area contributed by atoms with Gasteiger partial charge in [0.1, 0.15) is 0 Å². The highest BCUT2D eigenvalue weighted by Gasteiger charge is 2.03. The van der Waals surface area contributed by atoms with E-state index in [1.54, 1.807) is 6.08 Å². The number of rotatable bonds is 5. The zero-order valence-electron chi connectivity index (χ0n) is 6.32. The van der Waals surface area contributed by atoms with Crippen LogP contribution in [-0.4, -0.2) is 35.1 Å². The maximum Gasteiger partial charge on any atom is 0.0693 e. The fourth-order valence-electron chi connectivity index (χ4n) is 0.707. The Morgan fingerprint density at radius 3 is 2.70 bits per heavy atom. The van der Waals surface area contributed by atoms with Crippen LogP contribution in [0.25, 0.3) is 0 Å². The second-order valence-electron chi connectivity index (χ2n) is 2.36. The fourth-order valence-corrected chi connectivity index (χ4v) is 0.707. The average molecular weight is 145 g/mol. The Balaban J connectivity index is 3.24. The van der Waals surface area contributed by atoms with E-state index < -0.39 is 6.10 Å². The molecule has 0 aliphatic rings. The molecule has 0 aromatic rings. The Labute approximate surface area is 61.5 Å². The molecule has 2 N–H and O–H groups in total. The molecule has 60 valence electrons. The summed E-state index contributed by atoms with van der Waals surface area (Å²) in [7, 11) is 1.51. The van der Waals surface area contributed by atoms with Gasteiger partial charge >= 0.3 is 0 Å². The van der Waals surface area contributed by atoms with E-state index in [2.05, 4.69) is 6.58 Å². The van der Waals surface area contributed by atoms with Crippen molar-refractivity contribution in [3.63, 3.8) is 0 Å². The predicted molar refractivity (Wildman–Crippen MR) is 39.9 cm³/mol. The molecule has 0 aromatic carbocycles. The van der Waals surface area contributed by atoms with Gasteiger partial charge in [-0.1, -0.05) is 6.08 Å². The lowest BCUT2D eigenvalue weighted by atomic mass is 10.2. The Morgan fingerprint density at radius 2 is 2.30 bits per heavy atom. The molecule has 3 heteroatoms. The van der Waals surface area contributed by atoms with Crippen molar-refractivity contribution in [1.82, 2.24) is 5.06 Å². The fraction of sp³-hybridized carbons (Fsp3) is 0.714. The minimum Gasteiger partial charge on any atom is -0.392 e. The first-order valence-electron chi connectivity index (χ1n) is 3.35. The molecule has 10 heavy (non-hydrogen) atoms. The summed E-state index contributed by atoms with van der Waals surface area (Å²) in [6.07, 6.45) is 2.75. The van der Waals surface area contributed by atoms with Crippen LogP contribution in [0.5, 0.6) is 0 Å². The van der Waals surface area contributed by atoms with Gasteiger partial charge in [-0.3, -0.25) is 0 Å². The topological polar surface area (TPSA) is 43.7 Å². The highest BCUT2D eigenvalue weighted by atomic mass is 16.5. The molecule has 3 nitrogen and oxygen atoms in total. The summed E-state index contributed by atoms with van der Waals surface area (Å²) in [6, 6.07) is 0. The molecule has 0 saturated heterocycles. The van der Waals surface area contributed by atoms with Crippen LogP contribution >= 0.6 is 0 Å². The number of aliphatic hydroxyl groups excluding tert-OH is 1. The molecule has 0 bridgehead atoms. The van der Waals surface area contributed by atoms with E-state index in [-0.39, 0.29) is 0 Å². The van der Waals surface area contributed by atoms with Crippen LogP contribution in [0.2, 0.25) is 0 Å². The number of aliphatic hydroxyl groups is 1. The summed E-state index contributed by atoms with van der Waals surface area (Å²) >= 11 is 0. The number of hydrogen-bond acceptors (Lipinski definition) is 3. The first-order valence-corrected chi connectivity index (χ1v) is 3.35. The quantitative estimate of drug-likeness (QED) is 0.440. The molecule has 0 aromatic heterocycles. The standard InChI is InChI=1S/C7H15NO2/c1-3-4-5-7(9)6-8(2)10/h3,7,9-10H,1,4-6H2,2H3. The molecule has 0 rings (SSSR count). The van der Waals surface area contributed by atoms with Gasteiger partial charge in [-0.2, -0.15) is 5.06 Å². The maximum atomic E-state index is 9.10. The molecular weight excluding hydrogens is 130 g/mol. The molecule has 0 aliphatic heterocycles. The first-order chi connectivity index (χ1) is 4.66. The van der Waals surface area contributed by atoms with Gasteiger partial charge in [0.2, 0.25) is 0 Å². The third-order valence-corrected chi connectivity index (χ3v) is 1.18. The summed E-state index contributed by atoms with van der Waals surface area (Å²) < 4.78 is 0. The Hall–Kier alpha value is -0.380. The molecule has 0 heterocycles. The van der Waals surface area contributed by atoms with Gasteiger partial charge in [-0.05, 0) is 12.8 Å². The minimum absolute atomic E-state index is 0.299. The second kappa shape index (κ2) is 5.41. The van der Waals surface area contributed by atoms with Crippen LogP contribution in [0.1, 0.15) is 12.8 Å². The zero-order chi connectivity index (χ0) is 7.98. The van der Waals surface area contributed by atoms with Gasteiger partial charge in [0.15, 0.2) is 0 Å². The largest absolute Gasteiger partial charge is 0.392 e. The lowest BCUT2D eigenvalue weighted by Gasteiger charge is -2.12. The highest BCUT2D eigenvalue weighted by molar-refractivity contribution is 4.69. The van der Waals surface area contributed by atoms with Crippen LogP contribution in [0.4, 0.5) is 0 Å². The van der Waals surface area contributed by atoms with Crippen molar-refractivity contribution >= 4 is 0 Å². The van der Waals surface area contributed by atoms with Crippen LogP contribution in [-0.2, 0) is 0 Å². The van der Waals surface area contributed by atoms with Gasteiger partial charge < -0.3 is 10.3 Å². The van der Waals surface area contributed by atoms with E-state index in [4.69, 9.17) is 10.3 Å². The van der Waals surface area contributed by atoms with Crippen molar-refractivity contribution in [3.8, 4) is 0 Å². The molecule has 1 atom stereocenters. The smallest absolute Gasteiger partial charge is 0.0693 e. The van der Waals surface area contributed by atoms with E-state index in [0.29, 0.717) is 13.0 Å². The molecule has 0 fully saturated rings. The number of hydroxylamine groups is 2. The number of hydrogen-bond donors (Lipinski definition) is 2. The van der Waals surface area contributed by atoms with E-state index >= 15 is 0 Å². The monoisotopic (exact) mass is 145 g/mol. The summed E-state index contributed by atoms with van der Waals surface area (Å²) in [5.41, 5.74) is 0. The third kappa shape index (κ3) is 5.75. The highest BCUT2D eigenvalue weighted by Crippen LogP contribution is 1.97. The summed E-state index contributed by atoms with van der Waals surface area (Å²) in [4.78, 5) is 0. The third-order valence-electron chi connectivity index (χ3n) is 1.18. The van der Waals surface area contributed by atoms with Gasteiger partial charge in [0.05, 0.1) is 6.10 Å². The lowest BCUT2D eigenvalue weighted by molar-refractivity contribution is -0.0905. The van der Waals surface area contributed by atoms with E-state index in [0.717, 1.165) is 11.5 Å². The van der Waals surface area contributed by atoms with E-state index in [9.17, 15) is 0 Å². The Bertz CT molecular complexity index is 93.6. The number of allylic oxidation sites excluding steroid dienone is 1. The molecule has 1 unspecified atom stereocenters. The average Bonchev–Trinajstić information content (AvgIpc) is 1.82. The van der Waals surface area contributed by atoms with Crippen LogP contribution < -0.4 is 0 Å². The van der Waals surface area contributed by atoms with Crippen LogP contribution in [0, 0.1) is 0 Å². The van der Waals surface area contributed by atoms with Crippen molar-refractivity contribution < 1.29 is 10.3 Å². The summed E-state index contributed by atoms with van der Waals surface area (Å²) in [5, 5.41) is 18.8. The van der Waals surface area contributed by atoms with Gasteiger partial charge in [0, 0.05) is 13.6 Å². The van der Waals surface area contributed by atoms with Gasteiger partial charge in [-0.25, -0.2) is 0 Å². The van der Waals surface area contributed by atoms with Crippen molar-refractivity contribution in [2.24, 2.45) is 0 Å². The number of likely N-dealkylation sites (N-methyl/N-ethyl adjacent to an activating group) is 1. The van der Waals surface area contributed by atoms with Crippen molar-refractivity contribution in [2.45, 2.75) is 18.9 Å². The lowest BCUT2D eigenvalue weighted by Crippen LogP contribution is -2.25. The van der Waals surface area contributed by atoms with Crippen LogP contribution in [0.3, 0.4) is 0 Å². The molecule has 0 spiro atoms. The molecule has 0 amide bonds. The molecule has 0 saturated carbocycles. The number of nitrogens with zero attached hydrogens (tertiary/aromatic N) is 1. The Morgan fingerprint density at radius 1 is 1.70 bits per heavy atom. The van der Waals surface area contributed by atoms with Crippen LogP contribution in [0.15, 0.2) is 12.7 Å². The van der Waals surface area contributed by atoms with Gasteiger partial charge in [-0.15, -0.1) is 6.58 Å². The van der Waals surface area contributed by atoms with E-state index in [1.807, 2.05) is 0 Å². The summed E-state index contributed by atoms with van der Waals surface area (Å²) in [6.45, 7) is 3.82. The predicted octanol–water partition coefficient (Wildman–Crippen LogP) is 0.635. The zero-order valence-corrected chi connectivity index (χ0v) is 6.32. The normalized spacial score (nSPS) is 13.6. The van der Waals surface area contributed by atoms with Crippen molar-refractivity contribution in [3.05, 3.63) is 12.7 Å². The Kier molecular flexibility index (Phi) is 5.20. The second-order valence-corrected chi connectivity index (χ2v) is 2.36. The minimum atomic E-state index is -0.451. The summed E-state index contributed by atoms with van der Waals surface area (Å²) in [5.74, 6) is 0. The maximum absolute atomic E-state index is 9.10. The molecule has 0 aliphatic carbocycles.